The maximum Gasteiger partial charge on any atom is 0.292 e. The second-order valence-electron chi connectivity index (χ2n) is 6.56. The summed E-state index contributed by atoms with van der Waals surface area (Å²) < 4.78 is 15.0. The number of carbonyl (C=O) groups is 1. The highest BCUT2D eigenvalue weighted by Gasteiger charge is 2.16. The van der Waals surface area contributed by atoms with Crippen LogP contribution in [-0.4, -0.2) is 21.9 Å². The van der Waals surface area contributed by atoms with Gasteiger partial charge in [0.05, 0.1) is 18.1 Å². The molecule has 0 unspecified atom stereocenters. The summed E-state index contributed by atoms with van der Waals surface area (Å²) in [6, 6.07) is 22.2. The molecule has 0 saturated heterocycles. The van der Waals surface area contributed by atoms with Crippen LogP contribution < -0.4 is 11.0 Å². The quantitative estimate of drug-likeness (QED) is 0.412. The fourth-order valence-electron chi connectivity index (χ4n) is 3.06. The fraction of sp³-hybridized carbons (Fsp3) is 0.0435. The summed E-state index contributed by atoms with van der Waals surface area (Å²) in [6.45, 7) is 0.225. The first-order chi connectivity index (χ1) is 14.6. The van der Waals surface area contributed by atoms with Crippen LogP contribution in [0.4, 0.5) is 4.39 Å². The smallest absolute Gasteiger partial charge is 0.267 e. The van der Waals surface area contributed by atoms with Gasteiger partial charge in [-0.15, -0.1) is 0 Å². The molecule has 1 heterocycles. The minimum absolute atomic E-state index is 0.0619. The molecule has 0 aliphatic heterocycles. The van der Waals surface area contributed by atoms with Crippen molar-refractivity contribution in [2.75, 3.05) is 0 Å². The van der Waals surface area contributed by atoms with Crippen molar-refractivity contribution in [3.63, 3.8) is 0 Å². The zero-order valence-corrected chi connectivity index (χ0v) is 15.8. The van der Waals surface area contributed by atoms with Crippen molar-refractivity contribution >= 4 is 22.9 Å². The first-order valence-electron chi connectivity index (χ1n) is 9.25. The second kappa shape index (κ2) is 8.48. The van der Waals surface area contributed by atoms with Crippen LogP contribution in [0.3, 0.4) is 0 Å². The van der Waals surface area contributed by atoms with Gasteiger partial charge in [-0.05, 0) is 17.7 Å². The van der Waals surface area contributed by atoms with Gasteiger partial charge in [0.1, 0.15) is 5.82 Å². The number of amides is 1. The van der Waals surface area contributed by atoms with Crippen molar-refractivity contribution < 1.29 is 9.18 Å². The first kappa shape index (κ1) is 19.2. The van der Waals surface area contributed by atoms with Crippen molar-refractivity contribution in [3.8, 4) is 0 Å². The monoisotopic (exact) mass is 400 g/mol. The Morgan fingerprint density at radius 3 is 2.40 bits per heavy atom. The van der Waals surface area contributed by atoms with E-state index < -0.39 is 11.7 Å². The summed E-state index contributed by atoms with van der Waals surface area (Å²) in [5.41, 5.74) is 3.26. The second-order valence-corrected chi connectivity index (χ2v) is 6.56. The highest BCUT2D eigenvalue weighted by Crippen LogP contribution is 2.14. The minimum atomic E-state index is -0.597. The highest BCUT2D eigenvalue weighted by atomic mass is 19.1. The Hall–Kier alpha value is -4.13. The summed E-state index contributed by atoms with van der Waals surface area (Å²) in [5.74, 6) is -1.05. The Kier molecular flexibility index (Phi) is 5.43. The zero-order chi connectivity index (χ0) is 20.9. The van der Waals surface area contributed by atoms with Crippen LogP contribution >= 0.6 is 0 Å². The Balaban J connectivity index is 1.68. The molecule has 0 fully saturated rings. The fourth-order valence-corrected chi connectivity index (χ4v) is 3.06. The molecular formula is C23H17FN4O2. The van der Waals surface area contributed by atoms with Gasteiger partial charge in [0, 0.05) is 10.9 Å². The van der Waals surface area contributed by atoms with Crippen molar-refractivity contribution in [1.82, 2.24) is 15.2 Å². The molecule has 0 atom stereocenters. The molecule has 0 aliphatic rings. The average molecular weight is 400 g/mol. The minimum Gasteiger partial charge on any atom is -0.267 e. The van der Waals surface area contributed by atoms with E-state index in [1.165, 1.54) is 17.0 Å². The van der Waals surface area contributed by atoms with Crippen LogP contribution in [0.2, 0.25) is 0 Å². The molecular weight excluding hydrogens is 383 g/mol. The molecule has 3 aromatic carbocycles. The third kappa shape index (κ3) is 4.00. The standard InChI is InChI=1S/C23H17FN4O2/c24-20-13-7-4-10-17(20)14-25-26-22(29)21-18-11-5-6-12-19(18)23(30)28(27-21)15-16-8-2-1-3-9-16/h1-14H,15H2,(H,26,29). The van der Waals surface area contributed by atoms with E-state index in [-0.39, 0.29) is 23.4 Å². The summed E-state index contributed by atoms with van der Waals surface area (Å²) in [6.07, 6.45) is 1.22. The van der Waals surface area contributed by atoms with Crippen LogP contribution in [0.15, 0.2) is 88.8 Å². The van der Waals surface area contributed by atoms with Crippen LogP contribution in [0, 0.1) is 5.82 Å². The van der Waals surface area contributed by atoms with Crippen molar-refractivity contribution in [2.45, 2.75) is 6.54 Å². The molecule has 0 saturated carbocycles. The Morgan fingerprint density at radius 2 is 1.63 bits per heavy atom. The van der Waals surface area contributed by atoms with Crippen LogP contribution in [0.1, 0.15) is 21.6 Å². The van der Waals surface area contributed by atoms with Gasteiger partial charge in [-0.2, -0.15) is 10.2 Å². The van der Waals surface area contributed by atoms with E-state index in [1.807, 2.05) is 30.3 Å². The van der Waals surface area contributed by atoms with Gasteiger partial charge in [0.15, 0.2) is 5.69 Å². The summed E-state index contributed by atoms with van der Waals surface area (Å²) >= 11 is 0. The lowest BCUT2D eigenvalue weighted by Crippen LogP contribution is -2.29. The van der Waals surface area contributed by atoms with E-state index in [1.54, 1.807) is 42.5 Å². The molecule has 0 bridgehead atoms. The van der Waals surface area contributed by atoms with E-state index in [2.05, 4.69) is 15.6 Å². The number of hydrogen-bond acceptors (Lipinski definition) is 4. The van der Waals surface area contributed by atoms with E-state index >= 15 is 0 Å². The summed E-state index contributed by atoms with van der Waals surface area (Å²) in [5, 5.41) is 8.92. The summed E-state index contributed by atoms with van der Waals surface area (Å²) in [7, 11) is 0. The molecule has 0 aliphatic carbocycles. The largest absolute Gasteiger partial charge is 0.292 e. The van der Waals surface area contributed by atoms with Crippen LogP contribution in [0.25, 0.3) is 10.8 Å². The maximum atomic E-state index is 13.7. The number of benzene rings is 3. The number of aromatic nitrogens is 2. The molecule has 7 heteroatoms. The van der Waals surface area contributed by atoms with Crippen molar-refractivity contribution in [2.24, 2.45) is 5.10 Å². The Labute approximate surface area is 171 Å². The zero-order valence-electron chi connectivity index (χ0n) is 15.8. The van der Waals surface area contributed by atoms with Crippen molar-refractivity contribution in [3.05, 3.63) is 112 Å². The van der Waals surface area contributed by atoms with Gasteiger partial charge in [-0.3, -0.25) is 9.59 Å². The Bertz CT molecular complexity index is 1300. The maximum absolute atomic E-state index is 13.7. The van der Waals surface area contributed by atoms with E-state index in [4.69, 9.17) is 0 Å². The topological polar surface area (TPSA) is 76.3 Å². The number of carbonyl (C=O) groups excluding carboxylic acids is 1. The average Bonchev–Trinajstić information content (AvgIpc) is 2.77. The number of nitrogens with zero attached hydrogens (tertiary/aromatic N) is 3. The lowest BCUT2D eigenvalue weighted by atomic mass is 10.1. The number of rotatable bonds is 5. The SMILES string of the molecule is O=C(NN=Cc1ccccc1F)c1nn(Cc2ccccc2)c(=O)c2ccccc12. The Morgan fingerprint density at radius 1 is 0.967 bits per heavy atom. The molecule has 0 spiro atoms. The van der Waals surface area contributed by atoms with Gasteiger partial charge >= 0.3 is 0 Å². The molecule has 1 N–H and O–H groups in total. The molecule has 148 valence electrons. The predicted octanol–water partition coefficient (Wildman–Crippen LogP) is 3.35. The van der Waals surface area contributed by atoms with Gasteiger partial charge in [0.25, 0.3) is 11.5 Å². The number of halogens is 1. The molecule has 4 aromatic rings. The molecule has 30 heavy (non-hydrogen) atoms. The number of nitrogens with one attached hydrogen (secondary N) is 1. The lowest BCUT2D eigenvalue weighted by molar-refractivity contribution is 0.0949. The van der Waals surface area contributed by atoms with E-state index in [0.29, 0.717) is 10.8 Å². The number of hydrazone groups is 1. The van der Waals surface area contributed by atoms with E-state index in [0.717, 1.165) is 5.56 Å². The van der Waals surface area contributed by atoms with E-state index in [9.17, 15) is 14.0 Å². The van der Waals surface area contributed by atoms with Crippen LogP contribution in [0.5, 0.6) is 0 Å². The van der Waals surface area contributed by atoms with Gasteiger partial charge in [-0.25, -0.2) is 14.5 Å². The molecule has 4 rings (SSSR count). The molecule has 1 aromatic heterocycles. The predicted molar refractivity (Wildman–Crippen MR) is 113 cm³/mol. The normalized spacial score (nSPS) is 11.1. The van der Waals surface area contributed by atoms with Crippen molar-refractivity contribution in [1.29, 1.82) is 0 Å². The van der Waals surface area contributed by atoms with Gasteiger partial charge in [-0.1, -0.05) is 66.7 Å². The lowest BCUT2D eigenvalue weighted by Gasteiger charge is -2.10. The molecule has 6 nitrogen and oxygen atoms in total. The first-order valence-corrected chi connectivity index (χ1v) is 9.25. The van der Waals surface area contributed by atoms with Gasteiger partial charge < -0.3 is 0 Å². The number of fused-ring (bicyclic) bond motifs is 1. The number of hydrogen-bond donors (Lipinski definition) is 1. The highest BCUT2D eigenvalue weighted by molar-refractivity contribution is 6.04. The summed E-state index contributed by atoms with van der Waals surface area (Å²) in [4.78, 5) is 25.6. The molecule has 1 amide bonds. The van der Waals surface area contributed by atoms with Gasteiger partial charge in [0.2, 0.25) is 0 Å². The third-order valence-corrected chi connectivity index (χ3v) is 4.53. The van der Waals surface area contributed by atoms with Crippen LogP contribution in [-0.2, 0) is 6.54 Å². The molecule has 0 radical (unpaired) electrons. The third-order valence-electron chi connectivity index (χ3n) is 4.53.